The molecule has 210 valence electrons. The van der Waals surface area contributed by atoms with Gasteiger partial charge in [0.1, 0.15) is 22.4 Å². The first-order valence-corrected chi connectivity index (χ1v) is 14.1. The first kappa shape index (κ1) is 26.2. The van der Waals surface area contributed by atoms with Gasteiger partial charge in [0.05, 0.1) is 14.2 Å². The summed E-state index contributed by atoms with van der Waals surface area (Å²) in [4.78, 5) is 30.4. The molecule has 6 nitrogen and oxygen atoms in total. The molecule has 0 unspecified atom stereocenters. The van der Waals surface area contributed by atoms with Crippen molar-refractivity contribution < 1.29 is 23.8 Å². The maximum atomic E-state index is 14.4. The minimum atomic E-state index is -1.23. The second-order valence-corrected chi connectivity index (χ2v) is 11.2. The van der Waals surface area contributed by atoms with Crippen molar-refractivity contribution in [2.45, 2.75) is 11.2 Å². The number of methoxy groups -OCH3 is 2. The molecular formula is C36H31NO5. The minimum Gasteiger partial charge on any atom is -0.496 e. The zero-order chi connectivity index (χ0) is 29.1. The number of amides is 1. The number of benzene rings is 4. The van der Waals surface area contributed by atoms with Gasteiger partial charge in [0.15, 0.2) is 0 Å². The van der Waals surface area contributed by atoms with Crippen molar-refractivity contribution >= 4 is 17.4 Å². The number of ether oxygens (including phenoxy) is 3. The lowest BCUT2D eigenvalue weighted by molar-refractivity contribution is -0.164. The van der Waals surface area contributed by atoms with E-state index in [1.165, 1.54) is 7.11 Å². The van der Waals surface area contributed by atoms with Crippen molar-refractivity contribution in [1.29, 1.82) is 0 Å². The van der Waals surface area contributed by atoms with Gasteiger partial charge in [-0.2, -0.15) is 0 Å². The van der Waals surface area contributed by atoms with Gasteiger partial charge in [-0.1, -0.05) is 110 Å². The molecule has 0 saturated carbocycles. The number of hydrogen-bond acceptors (Lipinski definition) is 5. The Morgan fingerprint density at radius 1 is 0.810 bits per heavy atom. The highest BCUT2D eigenvalue weighted by Gasteiger charge is 2.83. The van der Waals surface area contributed by atoms with Crippen LogP contribution in [0.1, 0.15) is 27.8 Å². The molecule has 0 aliphatic carbocycles. The molecule has 6 heteroatoms. The molecule has 2 saturated heterocycles. The Kier molecular flexibility index (Phi) is 5.89. The summed E-state index contributed by atoms with van der Waals surface area (Å²) in [5.74, 6) is -0.534. The fourth-order valence-corrected chi connectivity index (χ4v) is 7.87. The van der Waals surface area contributed by atoms with E-state index in [0.717, 1.165) is 22.3 Å². The van der Waals surface area contributed by atoms with Crippen LogP contribution in [0.3, 0.4) is 0 Å². The Hall–Kier alpha value is -4.68. The highest BCUT2D eigenvalue weighted by Crippen LogP contribution is 2.75. The van der Waals surface area contributed by atoms with Crippen molar-refractivity contribution in [2.75, 3.05) is 27.3 Å². The van der Waals surface area contributed by atoms with E-state index in [1.807, 2.05) is 103 Å². The lowest BCUT2D eigenvalue weighted by Gasteiger charge is -2.44. The summed E-state index contributed by atoms with van der Waals surface area (Å²) in [5.41, 5.74) is 1.20. The summed E-state index contributed by atoms with van der Waals surface area (Å²) >= 11 is 0. The minimum absolute atomic E-state index is 0.106. The SMILES string of the molecule is C=C(C(=O)N1C[C@H]2[C@]3(c4ccccc4)O[C@@](c4ccccc4)(c4ccccc43)[C@@]2(C(=O)OC)C1)c1ccccc1OC. The van der Waals surface area contributed by atoms with Gasteiger partial charge < -0.3 is 19.1 Å². The second kappa shape index (κ2) is 9.43. The summed E-state index contributed by atoms with van der Waals surface area (Å²) in [7, 11) is 2.99. The molecule has 4 aromatic rings. The van der Waals surface area contributed by atoms with Crippen molar-refractivity contribution in [2.24, 2.45) is 11.3 Å². The third kappa shape index (κ3) is 3.13. The molecule has 3 heterocycles. The molecule has 0 radical (unpaired) electrons. The van der Waals surface area contributed by atoms with Crippen LogP contribution in [0, 0.1) is 11.3 Å². The van der Waals surface area contributed by atoms with Gasteiger partial charge >= 0.3 is 5.97 Å². The number of hydrogen-bond donors (Lipinski definition) is 0. The number of nitrogens with zero attached hydrogens (tertiary/aromatic N) is 1. The quantitative estimate of drug-likeness (QED) is 0.230. The lowest BCUT2D eigenvalue weighted by Crippen LogP contribution is -2.55. The van der Waals surface area contributed by atoms with Crippen LogP contribution in [0.2, 0.25) is 0 Å². The Bertz CT molecular complexity index is 1720. The Labute approximate surface area is 245 Å². The first-order valence-electron chi connectivity index (χ1n) is 14.1. The lowest BCUT2D eigenvalue weighted by atomic mass is 9.53. The smallest absolute Gasteiger partial charge is 0.317 e. The molecule has 0 aromatic heterocycles. The zero-order valence-corrected chi connectivity index (χ0v) is 23.6. The topological polar surface area (TPSA) is 65.1 Å². The predicted molar refractivity (Wildman–Crippen MR) is 159 cm³/mol. The van der Waals surface area contributed by atoms with Crippen molar-refractivity contribution in [1.82, 2.24) is 4.90 Å². The standard InChI is InChI=1S/C36H31NO5/c1-24(27-18-10-13-21-30(27)40-2)32(38)37-22-31-34(23-37,33(39)41-3)36(26-16-8-5-9-17-26)29-20-12-11-19-28(29)35(31,42-36)25-14-6-4-7-15-25/h4-21,31H,1,22-23H2,2-3H3/t31-,34+,35-,36+/m1/s1. The molecule has 2 bridgehead atoms. The Morgan fingerprint density at radius 2 is 1.40 bits per heavy atom. The molecule has 4 atom stereocenters. The number of carbonyl (C=O) groups is 2. The van der Waals surface area contributed by atoms with Gasteiger partial charge in [-0.25, -0.2) is 0 Å². The largest absolute Gasteiger partial charge is 0.496 e. The molecule has 1 amide bonds. The summed E-state index contributed by atoms with van der Waals surface area (Å²) in [5, 5.41) is 0. The van der Waals surface area contributed by atoms with Crippen LogP contribution in [0.15, 0.2) is 116 Å². The average molecular weight is 558 g/mol. The summed E-state index contributed by atoms with van der Waals surface area (Å²) in [6, 6.07) is 35.4. The molecule has 0 spiro atoms. The van der Waals surface area contributed by atoms with E-state index in [9.17, 15) is 9.59 Å². The summed E-state index contributed by atoms with van der Waals surface area (Å²) in [6.07, 6.45) is 0. The average Bonchev–Trinajstić information content (AvgIpc) is 3.69. The van der Waals surface area contributed by atoms with Gasteiger partial charge in [-0.05, 0) is 28.3 Å². The summed E-state index contributed by atoms with van der Waals surface area (Å²) in [6.45, 7) is 4.57. The molecule has 2 fully saturated rings. The number of esters is 1. The molecular weight excluding hydrogens is 526 g/mol. The Balaban J connectivity index is 1.47. The van der Waals surface area contributed by atoms with Crippen LogP contribution in [0.25, 0.3) is 5.57 Å². The predicted octanol–water partition coefficient (Wildman–Crippen LogP) is 5.56. The van der Waals surface area contributed by atoms with E-state index in [2.05, 4.69) is 12.6 Å². The van der Waals surface area contributed by atoms with Crippen LogP contribution in [0.4, 0.5) is 0 Å². The second-order valence-electron chi connectivity index (χ2n) is 11.2. The molecule has 42 heavy (non-hydrogen) atoms. The van der Waals surface area contributed by atoms with Gasteiger partial charge in [0, 0.05) is 30.1 Å². The third-order valence-corrected chi connectivity index (χ3v) is 9.49. The fourth-order valence-electron chi connectivity index (χ4n) is 7.87. The van der Waals surface area contributed by atoms with Crippen LogP contribution in [-0.4, -0.2) is 44.1 Å². The van der Waals surface area contributed by atoms with E-state index in [-0.39, 0.29) is 19.0 Å². The molecule has 3 aliphatic rings. The number of carbonyl (C=O) groups excluding carboxylic acids is 2. The van der Waals surface area contributed by atoms with E-state index < -0.39 is 28.5 Å². The molecule has 3 aliphatic heterocycles. The molecule has 7 rings (SSSR count). The maximum Gasteiger partial charge on any atom is 0.317 e. The third-order valence-electron chi connectivity index (χ3n) is 9.49. The van der Waals surface area contributed by atoms with Crippen molar-refractivity contribution in [3.8, 4) is 5.75 Å². The molecule has 0 N–H and O–H groups in total. The number of rotatable bonds is 6. The van der Waals surface area contributed by atoms with E-state index >= 15 is 0 Å². The highest BCUT2D eigenvalue weighted by atomic mass is 16.6. The van der Waals surface area contributed by atoms with E-state index in [0.29, 0.717) is 16.9 Å². The number of fused-ring (bicyclic) bond motifs is 8. The highest BCUT2D eigenvalue weighted by molar-refractivity contribution is 6.19. The van der Waals surface area contributed by atoms with Gasteiger partial charge in [0.2, 0.25) is 0 Å². The molecule has 4 aromatic carbocycles. The van der Waals surface area contributed by atoms with Gasteiger partial charge in [-0.3, -0.25) is 9.59 Å². The van der Waals surface area contributed by atoms with E-state index in [1.54, 1.807) is 12.0 Å². The van der Waals surface area contributed by atoms with Crippen molar-refractivity contribution in [3.05, 3.63) is 144 Å². The van der Waals surface area contributed by atoms with Gasteiger partial charge in [0.25, 0.3) is 5.91 Å². The number of para-hydroxylation sites is 1. The fraction of sp³-hybridized carbons (Fsp3) is 0.222. The first-order chi connectivity index (χ1) is 20.5. The van der Waals surface area contributed by atoms with Crippen LogP contribution in [0.5, 0.6) is 5.75 Å². The van der Waals surface area contributed by atoms with Crippen molar-refractivity contribution in [3.63, 3.8) is 0 Å². The van der Waals surface area contributed by atoms with Crippen LogP contribution in [-0.2, 0) is 30.3 Å². The Morgan fingerprint density at radius 3 is 2.07 bits per heavy atom. The normalized spacial score (nSPS) is 26.8. The summed E-state index contributed by atoms with van der Waals surface area (Å²) < 4.78 is 18.6. The monoisotopic (exact) mass is 557 g/mol. The van der Waals surface area contributed by atoms with E-state index in [4.69, 9.17) is 14.2 Å². The van der Waals surface area contributed by atoms with Gasteiger partial charge in [-0.15, -0.1) is 0 Å². The number of likely N-dealkylation sites (tertiary alicyclic amines) is 1. The zero-order valence-electron chi connectivity index (χ0n) is 23.6. The van der Waals surface area contributed by atoms with Crippen LogP contribution >= 0.6 is 0 Å². The van der Waals surface area contributed by atoms with Crippen LogP contribution < -0.4 is 4.74 Å². The maximum absolute atomic E-state index is 14.4.